The standard InChI is InChI=1S/C23H29NO4/c1-4-6-16-28-23(22(25)19-10-8-7-9-11-19)24-15-14-18-12-13-20(27-5-2)21(17-18)26-3/h7-13,17H,4-6,14-16H2,1-3H3. The minimum Gasteiger partial charge on any atom is -0.493 e. The van der Waals surface area contributed by atoms with Crippen molar-refractivity contribution in [3.8, 4) is 11.5 Å². The molecule has 0 fully saturated rings. The normalized spacial score (nSPS) is 11.2. The van der Waals surface area contributed by atoms with E-state index in [9.17, 15) is 4.79 Å². The van der Waals surface area contributed by atoms with E-state index >= 15 is 0 Å². The lowest BCUT2D eigenvalue weighted by Gasteiger charge is -2.11. The number of unbranched alkanes of at least 4 members (excludes halogenated alkanes) is 1. The van der Waals surface area contributed by atoms with E-state index < -0.39 is 0 Å². The Hall–Kier alpha value is -2.82. The van der Waals surface area contributed by atoms with Gasteiger partial charge in [0.25, 0.3) is 5.90 Å². The number of carbonyl (C=O) groups is 1. The van der Waals surface area contributed by atoms with Crippen molar-refractivity contribution in [3.05, 3.63) is 59.7 Å². The molecule has 0 unspecified atom stereocenters. The van der Waals surface area contributed by atoms with Gasteiger partial charge >= 0.3 is 0 Å². The molecular formula is C23H29NO4. The zero-order valence-corrected chi connectivity index (χ0v) is 16.9. The SMILES string of the molecule is CCCCOC(=NCCc1ccc(OCC)c(OC)c1)C(=O)c1ccccc1. The van der Waals surface area contributed by atoms with Crippen molar-refractivity contribution >= 4 is 11.7 Å². The predicted octanol–water partition coefficient (Wildman–Crippen LogP) is 4.73. The van der Waals surface area contributed by atoms with Crippen molar-refractivity contribution in [2.75, 3.05) is 26.9 Å². The molecule has 0 atom stereocenters. The van der Waals surface area contributed by atoms with E-state index in [0.717, 1.165) is 24.2 Å². The van der Waals surface area contributed by atoms with Crippen molar-refractivity contribution < 1.29 is 19.0 Å². The third-order valence-electron chi connectivity index (χ3n) is 4.15. The van der Waals surface area contributed by atoms with Gasteiger partial charge in [-0.25, -0.2) is 4.99 Å². The van der Waals surface area contributed by atoms with Crippen LogP contribution in [0.1, 0.15) is 42.6 Å². The number of hydrogen-bond acceptors (Lipinski definition) is 5. The van der Waals surface area contributed by atoms with Crippen LogP contribution in [0.3, 0.4) is 0 Å². The van der Waals surface area contributed by atoms with Crippen LogP contribution in [-0.2, 0) is 11.2 Å². The molecule has 0 N–H and O–H groups in total. The molecule has 0 aliphatic carbocycles. The molecule has 0 radical (unpaired) electrons. The van der Waals surface area contributed by atoms with E-state index in [1.54, 1.807) is 19.2 Å². The number of aliphatic imine (C=N–C) groups is 1. The number of methoxy groups -OCH3 is 1. The lowest BCUT2D eigenvalue weighted by molar-refractivity contribution is 0.102. The first-order valence-electron chi connectivity index (χ1n) is 9.76. The molecule has 2 aromatic rings. The van der Waals surface area contributed by atoms with Gasteiger partial charge in [0.05, 0.1) is 20.3 Å². The summed E-state index contributed by atoms with van der Waals surface area (Å²) in [5, 5.41) is 0. The van der Waals surface area contributed by atoms with E-state index in [0.29, 0.717) is 37.5 Å². The predicted molar refractivity (Wildman–Crippen MR) is 112 cm³/mol. The van der Waals surface area contributed by atoms with E-state index in [-0.39, 0.29) is 11.7 Å². The van der Waals surface area contributed by atoms with Crippen molar-refractivity contribution in [1.29, 1.82) is 0 Å². The fourth-order valence-electron chi connectivity index (χ4n) is 2.64. The van der Waals surface area contributed by atoms with E-state index in [1.165, 1.54) is 0 Å². The molecule has 0 spiro atoms. The van der Waals surface area contributed by atoms with Gasteiger partial charge in [-0.05, 0) is 37.5 Å². The fraction of sp³-hybridized carbons (Fsp3) is 0.391. The van der Waals surface area contributed by atoms with Gasteiger partial charge < -0.3 is 14.2 Å². The van der Waals surface area contributed by atoms with Crippen molar-refractivity contribution in [3.63, 3.8) is 0 Å². The smallest absolute Gasteiger partial charge is 0.258 e. The maximum Gasteiger partial charge on any atom is 0.258 e. The molecule has 150 valence electrons. The first kappa shape index (κ1) is 21.5. The Morgan fingerprint density at radius 1 is 1.04 bits per heavy atom. The monoisotopic (exact) mass is 383 g/mol. The minimum atomic E-state index is -0.180. The Bertz CT molecular complexity index is 771. The number of ketones is 1. The van der Waals surface area contributed by atoms with E-state index in [1.807, 2.05) is 43.3 Å². The molecule has 2 aromatic carbocycles. The maximum atomic E-state index is 12.7. The molecule has 0 aliphatic heterocycles. The Kier molecular flexibility index (Phi) is 9.05. The zero-order chi connectivity index (χ0) is 20.2. The van der Waals surface area contributed by atoms with Crippen LogP contribution in [-0.4, -0.2) is 38.5 Å². The number of benzene rings is 2. The number of nitrogens with zero attached hydrogens (tertiary/aromatic N) is 1. The molecule has 28 heavy (non-hydrogen) atoms. The van der Waals surface area contributed by atoms with Gasteiger partial charge in [0.15, 0.2) is 11.5 Å². The third-order valence-corrected chi connectivity index (χ3v) is 4.15. The molecule has 0 aromatic heterocycles. The molecule has 0 aliphatic rings. The first-order valence-corrected chi connectivity index (χ1v) is 9.76. The lowest BCUT2D eigenvalue weighted by Crippen LogP contribution is -2.19. The van der Waals surface area contributed by atoms with Crippen LogP contribution >= 0.6 is 0 Å². The summed E-state index contributed by atoms with van der Waals surface area (Å²) in [6.07, 6.45) is 2.56. The van der Waals surface area contributed by atoms with Gasteiger partial charge in [-0.15, -0.1) is 0 Å². The highest BCUT2D eigenvalue weighted by atomic mass is 16.5. The van der Waals surface area contributed by atoms with Gasteiger partial charge in [0, 0.05) is 12.1 Å². The Labute approximate surface area is 167 Å². The molecular weight excluding hydrogens is 354 g/mol. The van der Waals surface area contributed by atoms with Crippen molar-refractivity contribution in [2.24, 2.45) is 4.99 Å². The van der Waals surface area contributed by atoms with Gasteiger partial charge in [-0.1, -0.05) is 49.7 Å². The second-order valence-corrected chi connectivity index (χ2v) is 6.25. The van der Waals surface area contributed by atoms with Crippen LogP contribution < -0.4 is 9.47 Å². The van der Waals surface area contributed by atoms with Crippen molar-refractivity contribution in [1.82, 2.24) is 0 Å². The molecule has 0 heterocycles. The molecule has 2 rings (SSSR count). The summed E-state index contributed by atoms with van der Waals surface area (Å²) < 4.78 is 16.6. The summed E-state index contributed by atoms with van der Waals surface area (Å²) >= 11 is 0. The van der Waals surface area contributed by atoms with Crippen LogP contribution in [0.15, 0.2) is 53.5 Å². The average molecular weight is 383 g/mol. The number of rotatable bonds is 11. The Morgan fingerprint density at radius 2 is 1.82 bits per heavy atom. The van der Waals surface area contributed by atoms with Crippen LogP contribution in [0, 0.1) is 0 Å². The van der Waals surface area contributed by atoms with Gasteiger partial charge in [0.2, 0.25) is 5.78 Å². The van der Waals surface area contributed by atoms with Crippen LogP contribution in [0.4, 0.5) is 0 Å². The fourth-order valence-corrected chi connectivity index (χ4v) is 2.64. The highest BCUT2D eigenvalue weighted by Crippen LogP contribution is 2.28. The van der Waals surface area contributed by atoms with Gasteiger partial charge in [0.1, 0.15) is 0 Å². The molecule has 0 saturated heterocycles. The number of carbonyl (C=O) groups excluding carboxylic acids is 1. The summed E-state index contributed by atoms with van der Waals surface area (Å²) in [6.45, 7) is 5.55. The highest BCUT2D eigenvalue weighted by molar-refractivity contribution is 6.42. The highest BCUT2D eigenvalue weighted by Gasteiger charge is 2.15. The maximum absolute atomic E-state index is 12.7. The summed E-state index contributed by atoms with van der Waals surface area (Å²) in [6, 6.07) is 14.9. The number of Topliss-reactive ketones (excluding diaryl/α,β-unsaturated/α-hetero) is 1. The van der Waals surface area contributed by atoms with Gasteiger partial charge in [-0.3, -0.25) is 4.79 Å². The van der Waals surface area contributed by atoms with Crippen LogP contribution in [0.2, 0.25) is 0 Å². The Balaban J connectivity index is 2.08. The first-order chi connectivity index (χ1) is 13.7. The summed E-state index contributed by atoms with van der Waals surface area (Å²) in [7, 11) is 1.62. The largest absolute Gasteiger partial charge is 0.493 e. The minimum absolute atomic E-state index is 0.178. The summed E-state index contributed by atoms with van der Waals surface area (Å²) in [4.78, 5) is 17.2. The quantitative estimate of drug-likeness (QED) is 0.243. The molecule has 5 nitrogen and oxygen atoms in total. The van der Waals surface area contributed by atoms with Crippen LogP contribution in [0.5, 0.6) is 11.5 Å². The third kappa shape index (κ3) is 6.41. The zero-order valence-electron chi connectivity index (χ0n) is 16.9. The Morgan fingerprint density at radius 3 is 2.50 bits per heavy atom. The van der Waals surface area contributed by atoms with Crippen molar-refractivity contribution in [2.45, 2.75) is 33.1 Å². The molecule has 0 saturated carbocycles. The summed E-state index contributed by atoms with van der Waals surface area (Å²) in [5.74, 6) is 1.42. The van der Waals surface area contributed by atoms with E-state index in [4.69, 9.17) is 14.2 Å². The molecule has 0 amide bonds. The average Bonchev–Trinajstić information content (AvgIpc) is 2.74. The van der Waals surface area contributed by atoms with Gasteiger partial charge in [-0.2, -0.15) is 0 Å². The number of ether oxygens (including phenoxy) is 3. The number of hydrogen-bond donors (Lipinski definition) is 0. The molecule has 0 bridgehead atoms. The topological polar surface area (TPSA) is 57.1 Å². The van der Waals surface area contributed by atoms with E-state index in [2.05, 4.69) is 11.9 Å². The van der Waals surface area contributed by atoms with Crippen LogP contribution in [0.25, 0.3) is 0 Å². The second-order valence-electron chi connectivity index (χ2n) is 6.25. The lowest BCUT2D eigenvalue weighted by atomic mass is 10.1. The summed E-state index contributed by atoms with van der Waals surface area (Å²) in [5.41, 5.74) is 1.64. The second kappa shape index (κ2) is 11.8. The molecule has 5 heteroatoms.